The number of aromatic nitrogens is 1. The molecule has 7 nitrogen and oxygen atoms in total. The molecule has 0 radical (unpaired) electrons. The number of hydrogen-bond donors (Lipinski definition) is 0. The van der Waals surface area contributed by atoms with Gasteiger partial charge in [0.1, 0.15) is 11.8 Å². The van der Waals surface area contributed by atoms with Gasteiger partial charge in [-0.25, -0.2) is 4.98 Å². The first-order chi connectivity index (χ1) is 17.0. The molecule has 2 heterocycles. The van der Waals surface area contributed by atoms with Gasteiger partial charge in [-0.15, -0.1) is 11.3 Å². The maximum Gasteiger partial charge on any atom is 0.309 e. The number of nitrogens with zero attached hydrogens (tertiary/aromatic N) is 3. The Balaban J connectivity index is 1.60. The van der Waals surface area contributed by atoms with Crippen LogP contribution in [0.4, 0.5) is 10.8 Å². The standard InChI is InChI=1S/C27H31N3O4S/c1-4-34-26(32)21-14-16-29(17-15-21)25(31)19(2)30(23-12-8-9-13-24(23)33-3)27-28-22(18-35-27)20-10-6-5-7-11-20/h5-13,18-19,21H,4,14-17H2,1-3H3. The summed E-state index contributed by atoms with van der Waals surface area (Å²) in [5.41, 5.74) is 2.67. The molecule has 35 heavy (non-hydrogen) atoms. The van der Waals surface area contributed by atoms with Crippen LogP contribution in [0.3, 0.4) is 0 Å². The molecule has 1 aliphatic rings. The molecule has 2 aromatic carbocycles. The molecule has 1 unspecified atom stereocenters. The van der Waals surface area contributed by atoms with Gasteiger partial charge in [0, 0.05) is 24.0 Å². The van der Waals surface area contributed by atoms with Gasteiger partial charge in [0.05, 0.1) is 31.0 Å². The van der Waals surface area contributed by atoms with E-state index in [1.165, 1.54) is 11.3 Å². The average molecular weight is 494 g/mol. The maximum absolute atomic E-state index is 13.7. The van der Waals surface area contributed by atoms with Gasteiger partial charge in [0.15, 0.2) is 5.13 Å². The largest absolute Gasteiger partial charge is 0.495 e. The average Bonchev–Trinajstić information content (AvgIpc) is 3.39. The summed E-state index contributed by atoms with van der Waals surface area (Å²) in [7, 11) is 1.63. The van der Waals surface area contributed by atoms with Crippen molar-refractivity contribution in [2.75, 3.05) is 31.7 Å². The zero-order chi connectivity index (χ0) is 24.8. The van der Waals surface area contributed by atoms with Crippen LogP contribution in [0.1, 0.15) is 26.7 Å². The number of amides is 1. The molecule has 1 saturated heterocycles. The van der Waals surface area contributed by atoms with Crippen molar-refractivity contribution in [2.24, 2.45) is 5.92 Å². The molecule has 1 aromatic heterocycles. The van der Waals surface area contributed by atoms with E-state index in [9.17, 15) is 9.59 Å². The van der Waals surface area contributed by atoms with Crippen molar-refractivity contribution in [2.45, 2.75) is 32.7 Å². The number of thiazole rings is 1. The van der Waals surface area contributed by atoms with Crippen molar-refractivity contribution < 1.29 is 19.1 Å². The number of anilines is 2. The summed E-state index contributed by atoms with van der Waals surface area (Å²) >= 11 is 1.50. The summed E-state index contributed by atoms with van der Waals surface area (Å²) in [6, 6.07) is 17.1. The SMILES string of the molecule is CCOC(=O)C1CCN(C(=O)C(C)N(c2nc(-c3ccccc3)cs2)c2ccccc2OC)CC1. The van der Waals surface area contributed by atoms with E-state index >= 15 is 0 Å². The molecular weight excluding hydrogens is 462 g/mol. The van der Waals surface area contributed by atoms with Gasteiger partial charge in [-0.2, -0.15) is 0 Å². The van der Waals surface area contributed by atoms with Crippen LogP contribution in [0.25, 0.3) is 11.3 Å². The highest BCUT2D eigenvalue weighted by molar-refractivity contribution is 7.14. The van der Waals surface area contributed by atoms with Crippen LogP contribution in [0.2, 0.25) is 0 Å². The van der Waals surface area contributed by atoms with Crippen molar-refractivity contribution >= 4 is 34.0 Å². The van der Waals surface area contributed by atoms with E-state index in [0.29, 0.717) is 38.3 Å². The third kappa shape index (κ3) is 5.48. The number of carbonyl (C=O) groups excluding carboxylic acids is 2. The number of likely N-dealkylation sites (tertiary alicyclic amines) is 1. The van der Waals surface area contributed by atoms with Gasteiger partial charge in [0.2, 0.25) is 5.91 Å². The highest BCUT2D eigenvalue weighted by atomic mass is 32.1. The van der Waals surface area contributed by atoms with Crippen LogP contribution in [0.5, 0.6) is 5.75 Å². The normalized spacial score (nSPS) is 14.9. The second kappa shape index (κ2) is 11.4. The van der Waals surface area contributed by atoms with Crippen LogP contribution in [-0.2, 0) is 14.3 Å². The van der Waals surface area contributed by atoms with Crippen LogP contribution in [-0.4, -0.2) is 54.6 Å². The van der Waals surface area contributed by atoms with E-state index in [1.807, 2.05) is 83.6 Å². The molecule has 0 bridgehead atoms. The lowest BCUT2D eigenvalue weighted by Gasteiger charge is -2.36. The molecule has 4 rings (SSSR count). The van der Waals surface area contributed by atoms with Crippen LogP contribution >= 0.6 is 11.3 Å². The quantitative estimate of drug-likeness (QED) is 0.404. The Labute approximate surface area is 210 Å². The number of carbonyl (C=O) groups is 2. The van der Waals surface area contributed by atoms with E-state index in [4.69, 9.17) is 14.5 Å². The van der Waals surface area contributed by atoms with Crippen molar-refractivity contribution in [1.29, 1.82) is 0 Å². The number of hydrogen-bond acceptors (Lipinski definition) is 7. The first-order valence-corrected chi connectivity index (χ1v) is 12.8. The monoisotopic (exact) mass is 493 g/mol. The summed E-state index contributed by atoms with van der Waals surface area (Å²) in [5, 5.41) is 2.73. The zero-order valence-corrected chi connectivity index (χ0v) is 21.2. The first-order valence-electron chi connectivity index (χ1n) is 11.9. The summed E-state index contributed by atoms with van der Waals surface area (Å²) in [5.74, 6) is 0.353. The summed E-state index contributed by atoms with van der Waals surface area (Å²) in [6.45, 7) is 5.14. The van der Waals surface area contributed by atoms with E-state index in [0.717, 1.165) is 22.1 Å². The Kier molecular flexibility index (Phi) is 8.02. The summed E-state index contributed by atoms with van der Waals surface area (Å²) in [6.07, 6.45) is 1.22. The topological polar surface area (TPSA) is 72.0 Å². The molecule has 1 fully saturated rings. The number of piperidine rings is 1. The van der Waals surface area contributed by atoms with Crippen LogP contribution < -0.4 is 9.64 Å². The van der Waals surface area contributed by atoms with E-state index in [1.54, 1.807) is 7.11 Å². The number of para-hydroxylation sites is 2. The highest BCUT2D eigenvalue weighted by Crippen LogP contribution is 2.39. The lowest BCUT2D eigenvalue weighted by atomic mass is 9.96. The fourth-order valence-electron chi connectivity index (χ4n) is 4.39. The number of ether oxygens (including phenoxy) is 2. The Morgan fingerprint density at radius 1 is 1.11 bits per heavy atom. The summed E-state index contributed by atoms with van der Waals surface area (Å²) < 4.78 is 10.8. The zero-order valence-electron chi connectivity index (χ0n) is 20.3. The lowest BCUT2D eigenvalue weighted by molar-refractivity contribution is -0.151. The molecule has 0 N–H and O–H groups in total. The van der Waals surface area contributed by atoms with Gasteiger partial charge in [-0.3, -0.25) is 9.59 Å². The molecule has 0 saturated carbocycles. The van der Waals surface area contributed by atoms with Gasteiger partial charge in [-0.05, 0) is 38.8 Å². The van der Waals surface area contributed by atoms with Gasteiger partial charge < -0.3 is 19.3 Å². The van der Waals surface area contributed by atoms with Gasteiger partial charge in [-0.1, -0.05) is 42.5 Å². The second-order valence-corrected chi connectivity index (χ2v) is 9.29. The smallest absolute Gasteiger partial charge is 0.309 e. The van der Waals surface area contributed by atoms with Crippen molar-refractivity contribution in [3.05, 3.63) is 60.0 Å². The predicted molar refractivity (Wildman–Crippen MR) is 138 cm³/mol. The number of methoxy groups -OCH3 is 1. The molecule has 1 atom stereocenters. The second-order valence-electron chi connectivity index (χ2n) is 8.45. The molecule has 1 aliphatic heterocycles. The number of benzene rings is 2. The summed E-state index contributed by atoms with van der Waals surface area (Å²) in [4.78, 5) is 34.5. The molecule has 8 heteroatoms. The molecular formula is C27H31N3O4S. The van der Waals surface area contributed by atoms with Crippen LogP contribution in [0, 0.1) is 5.92 Å². The van der Waals surface area contributed by atoms with E-state index in [2.05, 4.69) is 0 Å². The predicted octanol–water partition coefficient (Wildman–Crippen LogP) is 5.15. The molecule has 184 valence electrons. The Hall–Kier alpha value is -3.39. The minimum atomic E-state index is -0.514. The van der Waals surface area contributed by atoms with Crippen molar-refractivity contribution in [3.8, 4) is 17.0 Å². The minimum Gasteiger partial charge on any atom is -0.495 e. The molecule has 0 spiro atoms. The molecule has 3 aromatic rings. The van der Waals surface area contributed by atoms with Crippen molar-refractivity contribution in [1.82, 2.24) is 9.88 Å². The minimum absolute atomic E-state index is 0.00493. The first kappa shape index (κ1) is 24.7. The third-order valence-electron chi connectivity index (χ3n) is 6.28. The maximum atomic E-state index is 13.7. The van der Waals surface area contributed by atoms with E-state index in [-0.39, 0.29) is 17.8 Å². The Morgan fingerprint density at radius 3 is 2.49 bits per heavy atom. The van der Waals surface area contributed by atoms with Crippen molar-refractivity contribution in [3.63, 3.8) is 0 Å². The highest BCUT2D eigenvalue weighted by Gasteiger charge is 2.34. The number of esters is 1. The molecule has 0 aliphatic carbocycles. The van der Waals surface area contributed by atoms with Gasteiger partial charge in [0.25, 0.3) is 0 Å². The fourth-order valence-corrected chi connectivity index (χ4v) is 5.32. The molecule has 1 amide bonds. The third-order valence-corrected chi connectivity index (χ3v) is 7.12. The lowest BCUT2D eigenvalue weighted by Crippen LogP contribution is -2.49. The Bertz CT molecular complexity index is 1140. The Morgan fingerprint density at radius 2 is 1.80 bits per heavy atom. The van der Waals surface area contributed by atoms with Gasteiger partial charge >= 0.3 is 5.97 Å². The van der Waals surface area contributed by atoms with E-state index < -0.39 is 6.04 Å². The van der Waals surface area contributed by atoms with Crippen LogP contribution in [0.15, 0.2) is 60.0 Å². The fraction of sp³-hybridized carbons (Fsp3) is 0.370. The number of rotatable bonds is 8.